The summed E-state index contributed by atoms with van der Waals surface area (Å²) in [5, 5.41) is 3.20. The van der Waals surface area contributed by atoms with E-state index in [1.807, 2.05) is 11.0 Å². The van der Waals surface area contributed by atoms with Crippen LogP contribution in [0.25, 0.3) is 0 Å². The average Bonchev–Trinajstić information content (AvgIpc) is 2.94. The van der Waals surface area contributed by atoms with Gasteiger partial charge in [0.1, 0.15) is 5.82 Å². The maximum atomic E-state index is 13.9. The summed E-state index contributed by atoms with van der Waals surface area (Å²) in [4.78, 5) is 17.1. The third-order valence-corrected chi connectivity index (χ3v) is 5.05. The Labute approximate surface area is 131 Å². The van der Waals surface area contributed by atoms with Gasteiger partial charge >= 0.3 is 0 Å². The van der Waals surface area contributed by atoms with Crippen molar-refractivity contribution in [2.45, 2.75) is 18.9 Å². The Morgan fingerprint density at radius 1 is 1.41 bits per heavy atom. The van der Waals surface area contributed by atoms with Crippen molar-refractivity contribution in [1.82, 2.24) is 15.1 Å². The van der Waals surface area contributed by atoms with Crippen LogP contribution in [0.1, 0.15) is 12.0 Å². The van der Waals surface area contributed by atoms with Gasteiger partial charge in [0, 0.05) is 32.2 Å². The summed E-state index contributed by atoms with van der Waals surface area (Å²) in [6.45, 7) is 2.87. The molecule has 120 valence electrons. The molecule has 1 unspecified atom stereocenters. The molecule has 1 aromatic carbocycles. The molecule has 0 radical (unpaired) electrons. The van der Waals surface area contributed by atoms with E-state index in [4.69, 9.17) is 0 Å². The minimum atomic E-state index is -0.469. The van der Waals surface area contributed by atoms with E-state index in [0.717, 1.165) is 19.5 Å². The van der Waals surface area contributed by atoms with Gasteiger partial charge in [0.15, 0.2) is 0 Å². The van der Waals surface area contributed by atoms with Crippen LogP contribution in [0.2, 0.25) is 0 Å². The SMILES string of the molecule is CN(C)C1CCN(C(=O)C2(Cc3ccccc3F)CNC2)C1. The Kier molecular flexibility index (Phi) is 4.19. The molecule has 1 N–H and O–H groups in total. The first kappa shape index (κ1) is 15.4. The zero-order valence-corrected chi connectivity index (χ0v) is 13.3. The number of benzene rings is 1. The fourth-order valence-corrected chi connectivity index (χ4v) is 3.47. The van der Waals surface area contributed by atoms with Gasteiger partial charge < -0.3 is 15.1 Å². The summed E-state index contributed by atoms with van der Waals surface area (Å²) in [7, 11) is 4.11. The molecule has 5 heteroatoms. The number of nitrogens with zero attached hydrogens (tertiary/aromatic N) is 2. The summed E-state index contributed by atoms with van der Waals surface area (Å²) < 4.78 is 13.9. The zero-order valence-electron chi connectivity index (χ0n) is 13.3. The minimum Gasteiger partial charge on any atom is -0.340 e. The van der Waals surface area contributed by atoms with Gasteiger partial charge in [0.25, 0.3) is 0 Å². The fourth-order valence-electron chi connectivity index (χ4n) is 3.47. The summed E-state index contributed by atoms with van der Waals surface area (Å²) >= 11 is 0. The van der Waals surface area contributed by atoms with Gasteiger partial charge in [0.05, 0.1) is 5.41 Å². The van der Waals surface area contributed by atoms with Crippen LogP contribution in [0.15, 0.2) is 24.3 Å². The van der Waals surface area contributed by atoms with Gasteiger partial charge in [-0.25, -0.2) is 4.39 Å². The first-order valence-corrected chi connectivity index (χ1v) is 7.92. The Balaban J connectivity index is 1.73. The summed E-state index contributed by atoms with van der Waals surface area (Å²) in [6.07, 6.45) is 1.50. The molecule has 2 fully saturated rings. The molecule has 1 aromatic rings. The van der Waals surface area contributed by atoms with Gasteiger partial charge in [-0.15, -0.1) is 0 Å². The fraction of sp³-hybridized carbons (Fsp3) is 0.588. The highest BCUT2D eigenvalue weighted by Gasteiger charge is 2.48. The van der Waals surface area contributed by atoms with Gasteiger partial charge in [-0.2, -0.15) is 0 Å². The number of carbonyl (C=O) groups is 1. The molecule has 3 rings (SSSR count). The number of likely N-dealkylation sites (tertiary alicyclic amines) is 1. The molecule has 2 aliphatic heterocycles. The van der Waals surface area contributed by atoms with Crippen molar-refractivity contribution >= 4 is 5.91 Å². The molecule has 2 saturated heterocycles. The highest BCUT2D eigenvalue weighted by molar-refractivity contribution is 5.85. The van der Waals surface area contributed by atoms with Crippen molar-refractivity contribution in [2.75, 3.05) is 40.3 Å². The standard InChI is InChI=1S/C17H24FN3O/c1-20(2)14-7-8-21(10-14)16(22)17(11-19-12-17)9-13-5-3-4-6-15(13)18/h3-6,14,19H,7-12H2,1-2H3. The molecule has 0 aliphatic carbocycles. The number of halogens is 1. The Morgan fingerprint density at radius 2 is 2.14 bits per heavy atom. The second-order valence-corrected chi connectivity index (χ2v) is 6.81. The van der Waals surface area contributed by atoms with Crippen LogP contribution in [0, 0.1) is 11.2 Å². The predicted octanol–water partition coefficient (Wildman–Crippen LogP) is 1.12. The first-order chi connectivity index (χ1) is 10.5. The van der Waals surface area contributed by atoms with Crippen molar-refractivity contribution in [2.24, 2.45) is 5.41 Å². The molecule has 4 nitrogen and oxygen atoms in total. The van der Waals surface area contributed by atoms with Gasteiger partial charge in [-0.05, 0) is 38.6 Å². The van der Waals surface area contributed by atoms with Gasteiger partial charge in [-0.1, -0.05) is 18.2 Å². The van der Waals surface area contributed by atoms with E-state index >= 15 is 0 Å². The van der Waals surface area contributed by atoms with Crippen LogP contribution in [0.3, 0.4) is 0 Å². The van der Waals surface area contributed by atoms with E-state index in [9.17, 15) is 9.18 Å². The summed E-state index contributed by atoms with van der Waals surface area (Å²) in [5.41, 5.74) is 0.171. The monoisotopic (exact) mass is 305 g/mol. The highest BCUT2D eigenvalue weighted by atomic mass is 19.1. The lowest BCUT2D eigenvalue weighted by atomic mass is 9.75. The van der Waals surface area contributed by atoms with E-state index in [1.165, 1.54) is 6.07 Å². The lowest BCUT2D eigenvalue weighted by Crippen LogP contribution is -2.63. The molecule has 2 heterocycles. The Hall–Kier alpha value is -1.46. The van der Waals surface area contributed by atoms with Crippen LogP contribution in [-0.4, -0.2) is 62.0 Å². The normalized spacial score (nSPS) is 23.6. The van der Waals surface area contributed by atoms with Crippen molar-refractivity contribution in [3.05, 3.63) is 35.6 Å². The Morgan fingerprint density at radius 3 is 2.68 bits per heavy atom. The van der Waals surface area contributed by atoms with Crippen molar-refractivity contribution in [3.63, 3.8) is 0 Å². The van der Waals surface area contributed by atoms with Gasteiger partial charge in [0.2, 0.25) is 5.91 Å². The predicted molar refractivity (Wildman–Crippen MR) is 84.1 cm³/mol. The summed E-state index contributed by atoms with van der Waals surface area (Å²) in [5.74, 6) is -0.0342. The van der Waals surface area contributed by atoms with E-state index in [0.29, 0.717) is 31.1 Å². The number of hydrogen-bond donors (Lipinski definition) is 1. The molecule has 0 aromatic heterocycles. The smallest absolute Gasteiger partial charge is 0.231 e. The average molecular weight is 305 g/mol. The van der Waals surface area contributed by atoms with Crippen LogP contribution in [-0.2, 0) is 11.2 Å². The van der Waals surface area contributed by atoms with Crippen LogP contribution in [0.4, 0.5) is 4.39 Å². The summed E-state index contributed by atoms with van der Waals surface area (Å²) in [6, 6.07) is 7.21. The number of hydrogen-bond acceptors (Lipinski definition) is 3. The minimum absolute atomic E-state index is 0.179. The van der Waals surface area contributed by atoms with Crippen molar-refractivity contribution in [3.8, 4) is 0 Å². The van der Waals surface area contributed by atoms with E-state index in [-0.39, 0.29) is 11.7 Å². The first-order valence-electron chi connectivity index (χ1n) is 7.92. The second-order valence-electron chi connectivity index (χ2n) is 6.81. The lowest BCUT2D eigenvalue weighted by molar-refractivity contribution is -0.144. The molecular weight excluding hydrogens is 281 g/mol. The third kappa shape index (κ3) is 2.75. The third-order valence-electron chi connectivity index (χ3n) is 5.05. The van der Waals surface area contributed by atoms with Crippen molar-refractivity contribution in [1.29, 1.82) is 0 Å². The quantitative estimate of drug-likeness (QED) is 0.905. The number of nitrogens with one attached hydrogen (secondary N) is 1. The number of carbonyl (C=O) groups excluding carboxylic acids is 1. The lowest BCUT2D eigenvalue weighted by Gasteiger charge is -2.43. The van der Waals surface area contributed by atoms with Crippen LogP contribution >= 0.6 is 0 Å². The van der Waals surface area contributed by atoms with Crippen LogP contribution in [0.5, 0.6) is 0 Å². The van der Waals surface area contributed by atoms with E-state index in [2.05, 4.69) is 24.3 Å². The molecule has 0 saturated carbocycles. The Bertz CT molecular complexity index is 557. The molecule has 1 amide bonds. The van der Waals surface area contributed by atoms with Crippen molar-refractivity contribution < 1.29 is 9.18 Å². The van der Waals surface area contributed by atoms with E-state index < -0.39 is 5.41 Å². The second kappa shape index (κ2) is 5.97. The maximum absolute atomic E-state index is 13.9. The largest absolute Gasteiger partial charge is 0.340 e. The molecule has 22 heavy (non-hydrogen) atoms. The molecule has 0 bridgehead atoms. The zero-order chi connectivity index (χ0) is 15.7. The highest BCUT2D eigenvalue weighted by Crippen LogP contribution is 2.32. The van der Waals surface area contributed by atoms with Gasteiger partial charge in [-0.3, -0.25) is 4.79 Å². The number of rotatable bonds is 4. The molecule has 0 spiro atoms. The maximum Gasteiger partial charge on any atom is 0.231 e. The molecule has 2 aliphatic rings. The number of likely N-dealkylation sites (N-methyl/N-ethyl adjacent to an activating group) is 1. The number of amides is 1. The van der Waals surface area contributed by atoms with Crippen LogP contribution < -0.4 is 5.32 Å². The molecule has 1 atom stereocenters. The van der Waals surface area contributed by atoms with E-state index in [1.54, 1.807) is 12.1 Å². The molecular formula is C17H24FN3O. The topological polar surface area (TPSA) is 35.6 Å².